The first-order valence-electron chi connectivity index (χ1n) is 7.97. The maximum Gasteiger partial charge on any atom is 0.252 e. The van der Waals surface area contributed by atoms with Crippen LogP contribution in [0.1, 0.15) is 11.1 Å². The number of benzene rings is 2. The zero-order valence-corrected chi connectivity index (χ0v) is 16.6. The van der Waals surface area contributed by atoms with Gasteiger partial charge in [0.15, 0.2) is 16.3 Å². The summed E-state index contributed by atoms with van der Waals surface area (Å²) in [5, 5.41) is 0.667. The van der Waals surface area contributed by atoms with Gasteiger partial charge in [-0.25, -0.2) is 0 Å². The van der Waals surface area contributed by atoms with Crippen molar-refractivity contribution in [3.05, 3.63) is 51.3 Å². The van der Waals surface area contributed by atoms with E-state index in [1.165, 1.54) is 11.3 Å². The lowest BCUT2D eigenvalue weighted by Crippen LogP contribution is -2.14. The standard InChI is InChI=1S/C19H19ClN2O3S/c1-11-5-7-13(20)18-17(11)22(2)19(26-18)21-16(23)10-12-6-8-14(24-3)15(9-12)25-4/h5-9H,10H2,1-4H3. The fourth-order valence-corrected chi connectivity index (χ4v) is 4.21. The highest BCUT2D eigenvalue weighted by Crippen LogP contribution is 2.29. The van der Waals surface area contributed by atoms with Crippen molar-refractivity contribution in [1.82, 2.24) is 4.57 Å². The van der Waals surface area contributed by atoms with Crippen molar-refractivity contribution in [1.29, 1.82) is 0 Å². The van der Waals surface area contributed by atoms with Gasteiger partial charge in [0.25, 0.3) is 5.91 Å². The van der Waals surface area contributed by atoms with Gasteiger partial charge in [0, 0.05) is 7.05 Å². The zero-order chi connectivity index (χ0) is 18.8. The molecule has 0 aliphatic carbocycles. The molecule has 26 heavy (non-hydrogen) atoms. The third kappa shape index (κ3) is 3.48. The SMILES string of the molecule is COc1ccc(CC(=O)N=c2sc3c(Cl)ccc(C)c3n2C)cc1OC. The van der Waals surface area contributed by atoms with Gasteiger partial charge in [0.1, 0.15) is 0 Å². The highest BCUT2D eigenvalue weighted by atomic mass is 35.5. The number of thiazole rings is 1. The third-order valence-corrected chi connectivity index (χ3v) is 5.72. The van der Waals surface area contributed by atoms with Crippen LogP contribution in [-0.4, -0.2) is 24.7 Å². The molecule has 3 rings (SSSR count). The van der Waals surface area contributed by atoms with E-state index in [1.54, 1.807) is 26.4 Å². The quantitative estimate of drug-likeness (QED) is 0.679. The smallest absolute Gasteiger partial charge is 0.252 e. The number of hydrogen-bond donors (Lipinski definition) is 0. The summed E-state index contributed by atoms with van der Waals surface area (Å²) in [4.78, 5) is 17.4. The number of nitrogens with zero attached hydrogens (tertiary/aromatic N) is 2. The summed E-state index contributed by atoms with van der Waals surface area (Å²) in [7, 11) is 5.04. The highest BCUT2D eigenvalue weighted by Gasteiger charge is 2.12. The summed E-state index contributed by atoms with van der Waals surface area (Å²) in [6.45, 7) is 2.01. The van der Waals surface area contributed by atoms with Crippen molar-refractivity contribution in [2.24, 2.45) is 12.0 Å². The van der Waals surface area contributed by atoms with E-state index < -0.39 is 0 Å². The summed E-state index contributed by atoms with van der Waals surface area (Å²) in [5.74, 6) is 0.988. The van der Waals surface area contributed by atoms with Crippen LogP contribution < -0.4 is 14.3 Å². The number of amides is 1. The monoisotopic (exact) mass is 390 g/mol. The maximum absolute atomic E-state index is 12.5. The lowest BCUT2D eigenvalue weighted by atomic mass is 10.1. The Hall–Kier alpha value is -2.31. The van der Waals surface area contributed by atoms with Crippen molar-refractivity contribution in [2.45, 2.75) is 13.3 Å². The van der Waals surface area contributed by atoms with Gasteiger partial charge >= 0.3 is 0 Å². The number of aryl methyl sites for hydroxylation is 2. The predicted octanol–water partition coefficient (Wildman–Crippen LogP) is 3.89. The van der Waals surface area contributed by atoms with Crippen LogP contribution in [0, 0.1) is 6.92 Å². The zero-order valence-electron chi connectivity index (χ0n) is 15.0. The number of methoxy groups -OCH3 is 2. The summed E-state index contributed by atoms with van der Waals surface area (Å²) in [6.07, 6.45) is 0.182. The molecule has 0 N–H and O–H groups in total. The van der Waals surface area contributed by atoms with E-state index >= 15 is 0 Å². The van der Waals surface area contributed by atoms with Gasteiger partial charge in [-0.1, -0.05) is 35.1 Å². The van der Waals surface area contributed by atoms with Crippen LogP contribution in [0.25, 0.3) is 10.2 Å². The largest absolute Gasteiger partial charge is 0.493 e. The number of carbonyl (C=O) groups is 1. The number of carbonyl (C=O) groups excluding carboxylic acids is 1. The van der Waals surface area contributed by atoms with Crippen molar-refractivity contribution in [2.75, 3.05) is 14.2 Å². The van der Waals surface area contributed by atoms with Crippen LogP contribution >= 0.6 is 22.9 Å². The third-order valence-electron chi connectivity index (χ3n) is 4.12. The summed E-state index contributed by atoms with van der Waals surface area (Å²) < 4.78 is 13.3. The summed E-state index contributed by atoms with van der Waals surface area (Å²) in [5.41, 5.74) is 2.91. The topological polar surface area (TPSA) is 52.8 Å². The molecule has 2 aromatic carbocycles. The fourth-order valence-electron chi connectivity index (χ4n) is 2.82. The van der Waals surface area contributed by atoms with Crippen molar-refractivity contribution in [3.63, 3.8) is 0 Å². The number of halogens is 1. The second-order valence-corrected chi connectivity index (χ2v) is 7.24. The van der Waals surface area contributed by atoms with Crippen LogP contribution in [0.5, 0.6) is 11.5 Å². The molecular weight excluding hydrogens is 372 g/mol. The van der Waals surface area contributed by atoms with Gasteiger partial charge in [0.05, 0.1) is 35.9 Å². The molecule has 3 aromatic rings. The van der Waals surface area contributed by atoms with E-state index in [4.69, 9.17) is 21.1 Å². The Morgan fingerprint density at radius 3 is 2.58 bits per heavy atom. The Bertz CT molecular complexity index is 1050. The van der Waals surface area contributed by atoms with Gasteiger partial charge in [-0.2, -0.15) is 4.99 Å². The molecule has 0 fully saturated rings. The molecule has 0 unspecified atom stereocenters. The molecule has 1 aromatic heterocycles. The second-order valence-electron chi connectivity index (χ2n) is 5.86. The molecule has 136 valence electrons. The Morgan fingerprint density at radius 2 is 1.92 bits per heavy atom. The molecule has 7 heteroatoms. The van der Waals surface area contributed by atoms with Crippen LogP contribution in [-0.2, 0) is 18.3 Å². The lowest BCUT2D eigenvalue weighted by molar-refractivity contribution is -0.117. The minimum Gasteiger partial charge on any atom is -0.493 e. The Morgan fingerprint density at radius 1 is 1.19 bits per heavy atom. The number of hydrogen-bond acceptors (Lipinski definition) is 4. The maximum atomic E-state index is 12.5. The predicted molar refractivity (Wildman–Crippen MR) is 104 cm³/mol. The molecule has 5 nitrogen and oxygen atoms in total. The first-order chi connectivity index (χ1) is 12.4. The lowest BCUT2D eigenvalue weighted by Gasteiger charge is -2.08. The van der Waals surface area contributed by atoms with Gasteiger partial charge < -0.3 is 14.0 Å². The highest BCUT2D eigenvalue weighted by molar-refractivity contribution is 7.17. The van der Waals surface area contributed by atoms with Crippen LogP contribution in [0.4, 0.5) is 0 Å². The molecule has 0 aliphatic rings. The van der Waals surface area contributed by atoms with E-state index in [2.05, 4.69) is 4.99 Å². The average molecular weight is 391 g/mol. The van der Waals surface area contributed by atoms with Gasteiger partial charge in [-0.15, -0.1) is 0 Å². The number of fused-ring (bicyclic) bond motifs is 1. The van der Waals surface area contributed by atoms with Gasteiger partial charge in [-0.3, -0.25) is 4.79 Å². The van der Waals surface area contributed by atoms with Crippen LogP contribution in [0.15, 0.2) is 35.3 Å². The van der Waals surface area contributed by atoms with Crippen LogP contribution in [0.2, 0.25) is 5.02 Å². The van der Waals surface area contributed by atoms with Crippen LogP contribution in [0.3, 0.4) is 0 Å². The normalized spacial score (nSPS) is 11.8. The molecule has 0 saturated carbocycles. The van der Waals surface area contributed by atoms with Gasteiger partial charge in [0.2, 0.25) is 0 Å². The van der Waals surface area contributed by atoms with E-state index in [0.29, 0.717) is 21.3 Å². The van der Waals surface area contributed by atoms with Crippen molar-refractivity contribution >= 4 is 39.1 Å². The van der Waals surface area contributed by atoms with Crippen molar-refractivity contribution in [3.8, 4) is 11.5 Å². The fraction of sp³-hybridized carbons (Fsp3) is 0.263. The van der Waals surface area contributed by atoms with E-state index in [9.17, 15) is 4.79 Å². The Kier molecular flexibility index (Phi) is 5.34. The molecule has 1 amide bonds. The molecule has 0 radical (unpaired) electrons. The molecule has 0 atom stereocenters. The van der Waals surface area contributed by atoms with Gasteiger partial charge in [-0.05, 0) is 36.2 Å². The molecule has 0 bridgehead atoms. The van der Waals surface area contributed by atoms with Crippen molar-refractivity contribution < 1.29 is 14.3 Å². The second kappa shape index (κ2) is 7.51. The van der Waals surface area contributed by atoms with E-state index in [0.717, 1.165) is 21.3 Å². The minimum atomic E-state index is -0.229. The van der Waals surface area contributed by atoms with E-state index in [1.807, 2.05) is 36.7 Å². The minimum absolute atomic E-state index is 0.182. The molecular formula is C19H19ClN2O3S. The molecule has 0 spiro atoms. The first-order valence-corrected chi connectivity index (χ1v) is 9.17. The number of ether oxygens (including phenoxy) is 2. The Balaban J connectivity index is 1.95. The Labute approximate surface area is 160 Å². The molecule has 1 heterocycles. The first kappa shape index (κ1) is 18.5. The average Bonchev–Trinajstić information content (AvgIpc) is 2.95. The molecule has 0 saturated heterocycles. The molecule has 0 aliphatic heterocycles. The number of aromatic nitrogens is 1. The number of rotatable bonds is 4. The van der Waals surface area contributed by atoms with E-state index in [-0.39, 0.29) is 12.3 Å². The summed E-state index contributed by atoms with van der Waals surface area (Å²) in [6, 6.07) is 9.24. The summed E-state index contributed by atoms with van der Waals surface area (Å²) >= 11 is 7.70.